The molecule has 1 unspecified atom stereocenters. The van der Waals surface area contributed by atoms with Crippen LogP contribution in [-0.2, 0) is 16.6 Å². The maximum Gasteiger partial charge on any atom is 0.243 e. The van der Waals surface area contributed by atoms with Crippen molar-refractivity contribution in [3.63, 3.8) is 0 Å². The maximum atomic E-state index is 12.4. The predicted molar refractivity (Wildman–Crippen MR) is 88.0 cm³/mol. The molecule has 2 rings (SSSR count). The Hall–Kier alpha value is 0.0400. The number of hydrogen-bond donors (Lipinski definition) is 2. The van der Waals surface area contributed by atoms with Crippen LogP contribution in [0.15, 0.2) is 26.9 Å². The molecular weight excluding hydrogens is 404 g/mol. The summed E-state index contributed by atoms with van der Waals surface area (Å²) >= 11 is 11.8. The lowest BCUT2D eigenvalue weighted by Crippen LogP contribution is -2.26. The Morgan fingerprint density at radius 1 is 1.45 bits per heavy atom. The van der Waals surface area contributed by atoms with Crippen LogP contribution in [-0.4, -0.2) is 8.42 Å². The van der Waals surface area contributed by atoms with Crippen LogP contribution >= 0.6 is 50.2 Å². The largest absolute Gasteiger partial charge is 0.326 e. The van der Waals surface area contributed by atoms with Gasteiger partial charge in [0.15, 0.2) is 0 Å². The standard InChI is InChI=1S/C11H12BrClN2O2S3/c1-6(8-2-3-10(13)19-8)15-20(16,17)9-4-7(5-14)18-11(9)12/h2-4,6,15H,5,14H2,1H3. The molecule has 0 aliphatic rings. The molecule has 2 aromatic heterocycles. The molecule has 4 nitrogen and oxygen atoms in total. The summed E-state index contributed by atoms with van der Waals surface area (Å²) < 4.78 is 28.6. The smallest absolute Gasteiger partial charge is 0.243 e. The van der Waals surface area contributed by atoms with Crippen LogP contribution in [0.1, 0.15) is 22.7 Å². The minimum Gasteiger partial charge on any atom is -0.326 e. The Morgan fingerprint density at radius 3 is 2.65 bits per heavy atom. The third kappa shape index (κ3) is 3.62. The summed E-state index contributed by atoms with van der Waals surface area (Å²) in [6.07, 6.45) is 0. The van der Waals surface area contributed by atoms with Crippen LogP contribution < -0.4 is 10.5 Å². The van der Waals surface area contributed by atoms with Crippen LogP contribution in [0, 0.1) is 0 Å². The number of thiophene rings is 2. The SMILES string of the molecule is CC(NS(=O)(=O)c1cc(CN)sc1Br)c1ccc(Cl)s1. The van der Waals surface area contributed by atoms with Crippen molar-refractivity contribution < 1.29 is 8.42 Å². The van der Waals surface area contributed by atoms with Crippen LogP contribution in [0.25, 0.3) is 0 Å². The van der Waals surface area contributed by atoms with E-state index in [4.69, 9.17) is 17.3 Å². The van der Waals surface area contributed by atoms with Crippen LogP contribution in [0.4, 0.5) is 0 Å². The number of nitrogens with two attached hydrogens (primary N) is 1. The van der Waals surface area contributed by atoms with E-state index in [0.29, 0.717) is 14.7 Å². The summed E-state index contributed by atoms with van der Waals surface area (Å²) in [5.41, 5.74) is 5.53. The van der Waals surface area contributed by atoms with Crippen molar-refractivity contribution in [3.8, 4) is 0 Å². The summed E-state index contributed by atoms with van der Waals surface area (Å²) in [5, 5.41) is 0. The second-order valence-corrected chi connectivity index (χ2v) is 9.92. The predicted octanol–water partition coefficient (Wildman–Crippen LogP) is 3.72. The highest BCUT2D eigenvalue weighted by atomic mass is 79.9. The van der Waals surface area contributed by atoms with Gasteiger partial charge in [-0.25, -0.2) is 13.1 Å². The molecule has 0 aromatic carbocycles. The lowest BCUT2D eigenvalue weighted by molar-refractivity contribution is 0.568. The number of halogens is 2. The Labute approximate surface area is 139 Å². The van der Waals surface area contributed by atoms with Gasteiger partial charge >= 0.3 is 0 Å². The summed E-state index contributed by atoms with van der Waals surface area (Å²) in [6, 6.07) is 4.81. The number of nitrogens with one attached hydrogen (secondary N) is 1. The average Bonchev–Trinajstić information content (AvgIpc) is 2.95. The molecule has 0 aliphatic heterocycles. The lowest BCUT2D eigenvalue weighted by Gasteiger charge is -2.12. The normalized spacial score (nSPS) is 13.6. The van der Waals surface area contributed by atoms with Gasteiger partial charge in [0.05, 0.1) is 14.2 Å². The highest BCUT2D eigenvalue weighted by Crippen LogP contribution is 2.33. The molecule has 0 aliphatic carbocycles. The van der Waals surface area contributed by atoms with Gasteiger partial charge in [-0.2, -0.15) is 0 Å². The van der Waals surface area contributed by atoms with Crippen molar-refractivity contribution in [2.24, 2.45) is 5.73 Å². The number of sulfonamides is 1. The molecule has 110 valence electrons. The topological polar surface area (TPSA) is 72.2 Å². The van der Waals surface area contributed by atoms with Gasteiger partial charge in [-0.15, -0.1) is 22.7 Å². The highest BCUT2D eigenvalue weighted by Gasteiger charge is 2.23. The van der Waals surface area contributed by atoms with Crippen molar-refractivity contribution in [1.82, 2.24) is 4.72 Å². The second kappa shape index (κ2) is 6.43. The van der Waals surface area contributed by atoms with Crippen LogP contribution in [0.2, 0.25) is 4.34 Å². The first kappa shape index (κ1) is 16.4. The molecule has 0 saturated carbocycles. The van der Waals surface area contributed by atoms with E-state index in [1.54, 1.807) is 19.1 Å². The van der Waals surface area contributed by atoms with E-state index in [-0.39, 0.29) is 10.9 Å². The quantitative estimate of drug-likeness (QED) is 0.781. The molecule has 0 saturated heterocycles. The first-order valence-corrected chi connectivity index (χ1v) is 9.88. The van der Waals surface area contributed by atoms with Gasteiger partial charge in [0.2, 0.25) is 10.0 Å². The van der Waals surface area contributed by atoms with Gasteiger partial charge < -0.3 is 5.73 Å². The van der Waals surface area contributed by atoms with E-state index in [9.17, 15) is 8.42 Å². The summed E-state index contributed by atoms with van der Waals surface area (Å²) in [6.45, 7) is 2.10. The maximum absolute atomic E-state index is 12.4. The van der Waals surface area contributed by atoms with Crippen molar-refractivity contribution in [2.45, 2.75) is 24.4 Å². The van der Waals surface area contributed by atoms with Crippen molar-refractivity contribution in [2.75, 3.05) is 0 Å². The van der Waals surface area contributed by atoms with E-state index < -0.39 is 10.0 Å². The van der Waals surface area contributed by atoms with Gasteiger partial charge in [0.1, 0.15) is 4.90 Å². The zero-order valence-electron chi connectivity index (χ0n) is 10.4. The van der Waals surface area contributed by atoms with E-state index >= 15 is 0 Å². The summed E-state index contributed by atoms with van der Waals surface area (Å²) in [5.74, 6) is 0. The fraction of sp³-hybridized carbons (Fsp3) is 0.273. The molecule has 1 atom stereocenters. The minimum atomic E-state index is -3.60. The highest BCUT2D eigenvalue weighted by molar-refractivity contribution is 9.11. The third-order valence-electron chi connectivity index (χ3n) is 2.55. The molecule has 0 fully saturated rings. The Bertz CT molecular complexity index is 711. The second-order valence-electron chi connectivity index (χ2n) is 4.04. The van der Waals surface area contributed by atoms with E-state index in [2.05, 4.69) is 20.7 Å². The fourth-order valence-corrected chi connectivity index (χ4v) is 6.52. The van der Waals surface area contributed by atoms with Gasteiger partial charge in [0.25, 0.3) is 0 Å². The summed E-state index contributed by atoms with van der Waals surface area (Å²) in [7, 11) is -3.60. The lowest BCUT2D eigenvalue weighted by atomic mass is 10.3. The van der Waals surface area contributed by atoms with Gasteiger partial charge in [-0.1, -0.05) is 11.6 Å². The minimum absolute atomic E-state index is 0.220. The van der Waals surface area contributed by atoms with E-state index in [1.807, 2.05) is 6.07 Å². The first-order chi connectivity index (χ1) is 9.33. The van der Waals surface area contributed by atoms with Crippen molar-refractivity contribution >= 4 is 60.2 Å². The van der Waals surface area contributed by atoms with E-state index in [0.717, 1.165) is 9.75 Å². The van der Waals surface area contributed by atoms with Crippen LogP contribution in [0.5, 0.6) is 0 Å². The molecular formula is C11H12BrClN2O2S3. The van der Waals surface area contributed by atoms with Gasteiger partial charge in [-0.05, 0) is 41.1 Å². The molecule has 2 aromatic rings. The first-order valence-electron chi connectivity index (χ1n) is 5.59. The Kier molecular flexibility index (Phi) is 5.28. The Balaban J connectivity index is 2.24. The molecule has 3 N–H and O–H groups in total. The van der Waals surface area contributed by atoms with Gasteiger partial charge in [0, 0.05) is 16.3 Å². The number of hydrogen-bond acceptors (Lipinski definition) is 5. The Morgan fingerprint density at radius 2 is 2.15 bits per heavy atom. The fourth-order valence-electron chi connectivity index (χ4n) is 1.60. The summed E-state index contributed by atoms with van der Waals surface area (Å²) in [4.78, 5) is 1.89. The molecule has 20 heavy (non-hydrogen) atoms. The van der Waals surface area contributed by atoms with Crippen molar-refractivity contribution in [3.05, 3.63) is 36.1 Å². The third-order valence-corrected chi connectivity index (χ3v) is 7.78. The molecule has 0 amide bonds. The molecule has 0 spiro atoms. The molecule has 9 heteroatoms. The zero-order valence-corrected chi connectivity index (χ0v) is 15.2. The van der Waals surface area contributed by atoms with Crippen LogP contribution in [0.3, 0.4) is 0 Å². The van der Waals surface area contributed by atoms with Gasteiger partial charge in [-0.3, -0.25) is 0 Å². The van der Waals surface area contributed by atoms with E-state index in [1.165, 1.54) is 22.7 Å². The molecule has 0 radical (unpaired) electrons. The number of rotatable bonds is 5. The molecule has 2 heterocycles. The monoisotopic (exact) mass is 414 g/mol. The molecule has 0 bridgehead atoms. The van der Waals surface area contributed by atoms with Crippen molar-refractivity contribution in [1.29, 1.82) is 0 Å². The zero-order chi connectivity index (χ0) is 14.9. The average molecular weight is 416 g/mol.